The lowest BCUT2D eigenvalue weighted by molar-refractivity contribution is 0.216. The smallest absolute Gasteiger partial charge is 0.0684 e. The summed E-state index contributed by atoms with van der Waals surface area (Å²) in [5.74, 6) is 2.64. The molecule has 0 aliphatic heterocycles. The molecule has 136 valence electrons. The molecule has 4 rings (SSSR count). The van der Waals surface area contributed by atoms with Crippen LogP contribution < -0.4 is 0 Å². The SMILES string of the molecule is c1cc2[nH]ncc2c(C2CCCC(C3CCCCCCC3)CCC2)n1. The fourth-order valence-corrected chi connectivity index (χ4v) is 5.46. The number of fused-ring (bicyclic) bond motifs is 1. The van der Waals surface area contributed by atoms with E-state index < -0.39 is 0 Å². The second kappa shape index (κ2) is 8.33. The van der Waals surface area contributed by atoms with Gasteiger partial charge in [0.2, 0.25) is 0 Å². The summed E-state index contributed by atoms with van der Waals surface area (Å²) in [6.45, 7) is 0. The molecule has 2 fully saturated rings. The third-order valence-electron chi connectivity index (χ3n) is 6.86. The maximum Gasteiger partial charge on any atom is 0.0684 e. The number of aromatic nitrogens is 3. The number of pyridine rings is 1. The van der Waals surface area contributed by atoms with Crippen LogP contribution in [0.25, 0.3) is 10.9 Å². The highest BCUT2D eigenvalue weighted by Crippen LogP contribution is 2.39. The van der Waals surface area contributed by atoms with Crippen molar-refractivity contribution in [3.05, 3.63) is 24.2 Å². The zero-order valence-corrected chi connectivity index (χ0v) is 15.6. The Hall–Kier alpha value is -1.38. The van der Waals surface area contributed by atoms with Gasteiger partial charge in [0.1, 0.15) is 0 Å². The number of aromatic amines is 1. The van der Waals surface area contributed by atoms with Crippen LogP contribution in [0.5, 0.6) is 0 Å². The van der Waals surface area contributed by atoms with Crippen LogP contribution in [0, 0.1) is 11.8 Å². The third kappa shape index (κ3) is 4.07. The Kier molecular flexibility index (Phi) is 5.68. The molecule has 3 heteroatoms. The van der Waals surface area contributed by atoms with E-state index in [1.54, 1.807) is 0 Å². The van der Waals surface area contributed by atoms with Crippen LogP contribution in [0.4, 0.5) is 0 Å². The molecule has 25 heavy (non-hydrogen) atoms. The van der Waals surface area contributed by atoms with Crippen molar-refractivity contribution in [1.82, 2.24) is 15.2 Å². The van der Waals surface area contributed by atoms with Crippen molar-refractivity contribution in [2.24, 2.45) is 11.8 Å². The molecule has 0 amide bonds. The first-order chi connectivity index (χ1) is 12.4. The molecular weight excluding hydrogens is 306 g/mol. The number of rotatable bonds is 2. The van der Waals surface area contributed by atoms with Gasteiger partial charge in [-0.05, 0) is 30.7 Å². The van der Waals surface area contributed by atoms with Gasteiger partial charge in [-0.1, -0.05) is 70.6 Å². The Morgan fingerprint density at radius 2 is 1.40 bits per heavy atom. The largest absolute Gasteiger partial charge is 0.278 e. The van der Waals surface area contributed by atoms with Crippen molar-refractivity contribution in [2.75, 3.05) is 0 Å². The summed E-state index contributed by atoms with van der Waals surface area (Å²) in [5, 5.41) is 8.56. The average Bonchev–Trinajstić information content (AvgIpc) is 3.04. The molecule has 0 bridgehead atoms. The Morgan fingerprint density at radius 1 is 0.760 bits per heavy atom. The van der Waals surface area contributed by atoms with Gasteiger partial charge in [-0.3, -0.25) is 10.1 Å². The van der Waals surface area contributed by atoms with E-state index in [1.807, 2.05) is 18.5 Å². The Bertz CT molecular complexity index is 644. The summed E-state index contributed by atoms with van der Waals surface area (Å²) >= 11 is 0. The summed E-state index contributed by atoms with van der Waals surface area (Å²) in [5.41, 5.74) is 2.43. The van der Waals surface area contributed by atoms with E-state index in [9.17, 15) is 0 Å². The van der Waals surface area contributed by atoms with Crippen molar-refractivity contribution in [1.29, 1.82) is 0 Å². The molecule has 2 heterocycles. The first kappa shape index (κ1) is 17.1. The van der Waals surface area contributed by atoms with Gasteiger partial charge >= 0.3 is 0 Å². The molecule has 3 nitrogen and oxygen atoms in total. The van der Waals surface area contributed by atoms with Gasteiger partial charge in [-0.15, -0.1) is 0 Å². The van der Waals surface area contributed by atoms with Gasteiger partial charge in [0, 0.05) is 17.5 Å². The summed E-state index contributed by atoms with van der Waals surface area (Å²) in [4.78, 5) is 4.75. The fourth-order valence-electron chi connectivity index (χ4n) is 5.46. The lowest BCUT2D eigenvalue weighted by Gasteiger charge is -2.32. The van der Waals surface area contributed by atoms with Gasteiger partial charge in [-0.25, -0.2) is 0 Å². The highest BCUT2D eigenvalue weighted by molar-refractivity contribution is 5.80. The molecule has 1 N–H and O–H groups in total. The van der Waals surface area contributed by atoms with Crippen molar-refractivity contribution in [3.8, 4) is 0 Å². The quantitative estimate of drug-likeness (QED) is 0.690. The Balaban J connectivity index is 1.39. The van der Waals surface area contributed by atoms with Crippen LogP contribution >= 0.6 is 0 Å². The van der Waals surface area contributed by atoms with Crippen molar-refractivity contribution in [3.63, 3.8) is 0 Å². The molecule has 0 atom stereocenters. The van der Waals surface area contributed by atoms with Gasteiger partial charge in [-0.2, -0.15) is 5.10 Å². The van der Waals surface area contributed by atoms with Crippen LogP contribution in [0.1, 0.15) is 95.1 Å². The summed E-state index contributed by atoms with van der Waals surface area (Å²) < 4.78 is 0. The lowest BCUT2D eigenvalue weighted by atomic mass is 9.74. The zero-order valence-electron chi connectivity index (χ0n) is 15.6. The zero-order chi connectivity index (χ0) is 16.9. The van der Waals surface area contributed by atoms with Crippen molar-refractivity contribution < 1.29 is 0 Å². The first-order valence-electron chi connectivity index (χ1n) is 10.7. The van der Waals surface area contributed by atoms with E-state index in [1.165, 1.54) is 94.6 Å². The molecule has 0 radical (unpaired) electrons. The number of hydrogen-bond donors (Lipinski definition) is 1. The second-order valence-electron chi connectivity index (χ2n) is 8.45. The minimum atomic E-state index is 0.625. The maximum atomic E-state index is 4.75. The number of H-pyrrole nitrogens is 1. The van der Waals surface area contributed by atoms with Gasteiger partial charge in [0.25, 0.3) is 0 Å². The van der Waals surface area contributed by atoms with Crippen molar-refractivity contribution in [2.45, 2.75) is 89.4 Å². The van der Waals surface area contributed by atoms with E-state index in [0.717, 1.165) is 17.4 Å². The van der Waals surface area contributed by atoms with Crippen LogP contribution in [0.15, 0.2) is 18.5 Å². The monoisotopic (exact) mass is 339 g/mol. The average molecular weight is 340 g/mol. The first-order valence-corrected chi connectivity index (χ1v) is 10.7. The normalized spacial score (nSPS) is 27.4. The van der Waals surface area contributed by atoms with Crippen LogP contribution in [0.3, 0.4) is 0 Å². The van der Waals surface area contributed by atoms with E-state index in [4.69, 9.17) is 4.98 Å². The molecule has 0 saturated heterocycles. The molecule has 2 aromatic heterocycles. The lowest BCUT2D eigenvalue weighted by Crippen LogP contribution is -2.19. The third-order valence-corrected chi connectivity index (χ3v) is 6.86. The molecule has 2 aromatic rings. The van der Waals surface area contributed by atoms with Crippen LogP contribution in [-0.4, -0.2) is 15.2 Å². The van der Waals surface area contributed by atoms with Crippen LogP contribution in [-0.2, 0) is 0 Å². The summed E-state index contributed by atoms with van der Waals surface area (Å²) in [6, 6.07) is 2.04. The minimum absolute atomic E-state index is 0.625. The fraction of sp³-hybridized carbons (Fsp3) is 0.727. The number of hydrogen-bond acceptors (Lipinski definition) is 2. The Morgan fingerprint density at radius 3 is 2.12 bits per heavy atom. The summed E-state index contributed by atoms with van der Waals surface area (Å²) in [7, 11) is 0. The minimum Gasteiger partial charge on any atom is -0.278 e. The Labute approximate surface area is 152 Å². The molecule has 0 aromatic carbocycles. The van der Waals surface area contributed by atoms with Gasteiger partial charge in [0.15, 0.2) is 0 Å². The molecule has 2 aliphatic rings. The van der Waals surface area contributed by atoms with E-state index >= 15 is 0 Å². The molecular formula is C22H33N3. The van der Waals surface area contributed by atoms with Crippen molar-refractivity contribution >= 4 is 10.9 Å². The van der Waals surface area contributed by atoms with Gasteiger partial charge < -0.3 is 0 Å². The predicted octanol–water partition coefficient (Wildman–Crippen LogP) is 6.37. The van der Waals surface area contributed by atoms with E-state index in [0.29, 0.717) is 5.92 Å². The molecule has 0 unspecified atom stereocenters. The number of nitrogens with zero attached hydrogens (tertiary/aromatic N) is 2. The second-order valence-corrected chi connectivity index (χ2v) is 8.45. The number of nitrogens with one attached hydrogen (secondary N) is 1. The summed E-state index contributed by atoms with van der Waals surface area (Å²) in [6.07, 6.45) is 22.6. The molecule has 2 saturated carbocycles. The standard InChI is InChI=1S/C22H33N3/c1-2-4-8-17(9-5-3-1)18-10-6-12-19(13-7-11-18)22-20-16-24-25-21(20)14-15-23-22/h14-19H,1-13H2,(H,24,25). The van der Waals surface area contributed by atoms with Gasteiger partial charge in [0.05, 0.1) is 17.4 Å². The molecule has 0 spiro atoms. The molecule has 2 aliphatic carbocycles. The highest BCUT2D eigenvalue weighted by Gasteiger charge is 2.26. The topological polar surface area (TPSA) is 41.6 Å². The van der Waals surface area contributed by atoms with E-state index in [2.05, 4.69) is 10.2 Å². The maximum absolute atomic E-state index is 4.75. The highest BCUT2D eigenvalue weighted by atomic mass is 15.1. The van der Waals surface area contributed by atoms with E-state index in [-0.39, 0.29) is 0 Å². The van der Waals surface area contributed by atoms with Crippen LogP contribution in [0.2, 0.25) is 0 Å². The predicted molar refractivity (Wildman–Crippen MR) is 104 cm³/mol.